The smallest absolute Gasteiger partial charge is 0.244 e. The van der Waals surface area contributed by atoms with Gasteiger partial charge in [-0.15, -0.1) is 0 Å². The highest BCUT2D eigenvalue weighted by atomic mass is 16.2. The van der Waals surface area contributed by atoms with Crippen molar-refractivity contribution in [3.63, 3.8) is 0 Å². The fourth-order valence-corrected chi connectivity index (χ4v) is 4.87. The van der Waals surface area contributed by atoms with Crippen molar-refractivity contribution in [1.29, 1.82) is 0 Å². The van der Waals surface area contributed by atoms with Crippen molar-refractivity contribution in [2.45, 2.75) is 57.5 Å². The molecule has 4 nitrogen and oxygen atoms in total. The van der Waals surface area contributed by atoms with E-state index in [9.17, 15) is 4.79 Å². The van der Waals surface area contributed by atoms with E-state index in [1.165, 1.54) is 50.8 Å². The molecule has 136 valence electrons. The Hall–Kier alpha value is -1.39. The highest BCUT2D eigenvalue weighted by molar-refractivity contribution is 5.98. The molecule has 0 bridgehead atoms. The largest absolute Gasteiger partial charge is 0.310 e. The first kappa shape index (κ1) is 17.0. The van der Waals surface area contributed by atoms with Gasteiger partial charge in [-0.2, -0.15) is 0 Å². The van der Waals surface area contributed by atoms with E-state index in [1.807, 2.05) is 11.0 Å². The zero-order chi connectivity index (χ0) is 17.2. The van der Waals surface area contributed by atoms with Gasteiger partial charge in [-0.3, -0.25) is 9.69 Å². The Labute approximate surface area is 151 Å². The quantitative estimate of drug-likeness (QED) is 0.846. The van der Waals surface area contributed by atoms with Crippen LogP contribution >= 0.6 is 0 Å². The van der Waals surface area contributed by atoms with Gasteiger partial charge in [-0.05, 0) is 63.7 Å². The third-order valence-electron chi connectivity index (χ3n) is 6.46. The van der Waals surface area contributed by atoms with Crippen molar-refractivity contribution in [3.05, 3.63) is 29.8 Å². The molecule has 25 heavy (non-hydrogen) atoms. The van der Waals surface area contributed by atoms with Crippen LogP contribution in [0.2, 0.25) is 0 Å². The van der Waals surface area contributed by atoms with Crippen LogP contribution in [-0.4, -0.2) is 60.5 Å². The summed E-state index contributed by atoms with van der Waals surface area (Å²) >= 11 is 0. The number of fused-ring (bicyclic) bond motifs is 1. The minimum atomic E-state index is -0.00605. The SMILES string of the molecule is C[C@@H](C(=O)N1CCc2ccccc21)N1CCC(N2CCCCC2)CC1. The maximum absolute atomic E-state index is 13.1. The summed E-state index contributed by atoms with van der Waals surface area (Å²) in [5.41, 5.74) is 2.44. The van der Waals surface area contributed by atoms with Gasteiger partial charge in [0, 0.05) is 31.4 Å². The second kappa shape index (κ2) is 7.46. The number of rotatable bonds is 3. The predicted octanol–water partition coefficient (Wildman–Crippen LogP) is 2.91. The van der Waals surface area contributed by atoms with Gasteiger partial charge in [0.2, 0.25) is 5.91 Å². The summed E-state index contributed by atoms with van der Waals surface area (Å²) in [4.78, 5) is 20.2. The van der Waals surface area contributed by atoms with Crippen LogP contribution in [0, 0.1) is 0 Å². The monoisotopic (exact) mass is 341 g/mol. The molecular formula is C21H31N3O. The van der Waals surface area contributed by atoms with E-state index in [4.69, 9.17) is 0 Å². The Morgan fingerprint density at radius 1 is 1.00 bits per heavy atom. The third kappa shape index (κ3) is 3.47. The van der Waals surface area contributed by atoms with Crippen LogP contribution < -0.4 is 4.90 Å². The van der Waals surface area contributed by atoms with Crippen LogP contribution in [0.5, 0.6) is 0 Å². The predicted molar refractivity (Wildman–Crippen MR) is 102 cm³/mol. The summed E-state index contributed by atoms with van der Waals surface area (Å²) in [6, 6.07) is 9.09. The van der Waals surface area contributed by atoms with Gasteiger partial charge in [-0.1, -0.05) is 24.6 Å². The molecule has 0 unspecified atom stereocenters. The van der Waals surface area contributed by atoms with Crippen LogP contribution in [0.1, 0.15) is 44.6 Å². The van der Waals surface area contributed by atoms with Crippen LogP contribution in [-0.2, 0) is 11.2 Å². The Morgan fingerprint density at radius 2 is 1.72 bits per heavy atom. The lowest BCUT2D eigenvalue weighted by Gasteiger charge is -2.42. The molecule has 3 aliphatic heterocycles. The molecule has 1 aromatic rings. The van der Waals surface area contributed by atoms with Gasteiger partial charge in [0.25, 0.3) is 0 Å². The van der Waals surface area contributed by atoms with Crippen LogP contribution in [0.25, 0.3) is 0 Å². The number of hydrogen-bond acceptors (Lipinski definition) is 3. The van der Waals surface area contributed by atoms with Crippen LogP contribution in [0.3, 0.4) is 0 Å². The van der Waals surface area contributed by atoms with Crippen molar-refractivity contribution < 1.29 is 4.79 Å². The molecule has 1 amide bonds. The Morgan fingerprint density at radius 3 is 2.48 bits per heavy atom. The molecule has 4 heteroatoms. The molecule has 2 fully saturated rings. The number of carbonyl (C=O) groups excluding carboxylic acids is 1. The van der Waals surface area contributed by atoms with E-state index >= 15 is 0 Å². The number of anilines is 1. The first-order valence-electron chi connectivity index (χ1n) is 10.1. The highest BCUT2D eigenvalue weighted by Crippen LogP contribution is 2.29. The molecule has 2 saturated heterocycles. The second-order valence-electron chi connectivity index (χ2n) is 7.91. The summed E-state index contributed by atoms with van der Waals surface area (Å²) in [6.07, 6.45) is 7.55. The Kier molecular flexibility index (Phi) is 5.09. The summed E-state index contributed by atoms with van der Waals surface area (Å²) < 4.78 is 0. The molecule has 3 heterocycles. The zero-order valence-corrected chi connectivity index (χ0v) is 15.5. The lowest BCUT2D eigenvalue weighted by Crippen LogP contribution is -2.53. The minimum Gasteiger partial charge on any atom is -0.310 e. The number of benzene rings is 1. The van der Waals surface area contributed by atoms with E-state index in [-0.39, 0.29) is 11.9 Å². The van der Waals surface area contributed by atoms with Gasteiger partial charge in [0.15, 0.2) is 0 Å². The van der Waals surface area contributed by atoms with Gasteiger partial charge in [0.05, 0.1) is 6.04 Å². The fraction of sp³-hybridized carbons (Fsp3) is 0.667. The lowest BCUT2D eigenvalue weighted by molar-refractivity contribution is -0.123. The number of para-hydroxylation sites is 1. The number of hydrogen-bond donors (Lipinski definition) is 0. The summed E-state index contributed by atoms with van der Waals surface area (Å²) in [5, 5.41) is 0. The Bertz CT molecular complexity index is 603. The van der Waals surface area contributed by atoms with Crippen molar-refractivity contribution in [2.75, 3.05) is 37.6 Å². The summed E-state index contributed by atoms with van der Waals surface area (Å²) in [7, 11) is 0. The van der Waals surface area contributed by atoms with Crippen molar-refractivity contribution in [3.8, 4) is 0 Å². The number of piperidine rings is 2. The average Bonchev–Trinajstić information content (AvgIpc) is 3.12. The molecule has 1 atom stereocenters. The topological polar surface area (TPSA) is 26.8 Å². The van der Waals surface area contributed by atoms with E-state index in [0.29, 0.717) is 0 Å². The van der Waals surface area contributed by atoms with Gasteiger partial charge >= 0.3 is 0 Å². The molecular weight excluding hydrogens is 310 g/mol. The van der Waals surface area contributed by atoms with E-state index in [0.717, 1.165) is 37.8 Å². The number of amides is 1. The normalized spacial score (nSPS) is 24.3. The second-order valence-corrected chi connectivity index (χ2v) is 7.91. The molecule has 0 aromatic heterocycles. The molecule has 0 radical (unpaired) electrons. The third-order valence-corrected chi connectivity index (χ3v) is 6.46. The number of carbonyl (C=O) groups is 1. The number of likely N-dealkylation sites (tertiary alicyclic amines) is 2. The number of nitrogens with zero attached hydrogens (tertiary/aromatic N) is 3. The first-order valence-corrected chi connectivity index (χ1v) is 10.1. The molecule has 0 aliphatic carbocycles. The Balaban J connectivity index is 1.34. The fourth-order valence-electron chi connectivity index (χ4n) is 4.87. The van der Waals surface area contributed by atoms with Gasteiger partial charge < -0.3 is 9.80 Å². The standard InChI is InChI=1S/C21H31N3O/c1-17(21(25)24-16-9-18-7-3-4-8-20(18)24)22-14-10-19(11-15-22)23-12-5-2-6-13-23/h3-4,7-8,17,19H,2,5-6,9-16H2,1H3/t17-/m0/s1. The average molecular weight is 341 g/mol. The maximum Gasteiger partial charge on any atom is 0.244 e. The van der Waals surface area contributed by atoms with Crippen molar-refractivity contribution in [1.82, 2.24) is 9.80 Å². The van der Waals surface area contributed by atoms with Crippen LogP contribution in [0.4, 0.5) is 5.69 Å². The van der Waals surface area contributed by atoms with E-state index in [2.05, 4.69) is 34.9 Å². The van der Waals surface area contributed by atoms with Gasteiger partial charge in [0.1, 0.15) is 0 Å². The molecule has 0 spiro atoms. The molecule has 3 aliphatic rings. The molecule has 0 N–H and O–H groups in total. The van der Waals surface area contributed by atoms with Crippen LogP contribution in [0.15, 0.2) is 24.3 Å². The summed E-state index contributed by atoms with van der Waals surface area (Å²) in [5.74, 6) is 0.279. The molecule has 0 saturated carbocycles. The van der Waals surface area contributed by atoms with Crippen molar-refractivity contribution in [2.24, 2.45) is 0 Å². The van der Waals surface area contributed by atoms with E-state index in [1.54, 1.807) is 0 Å². The maximum atomic E-state index is 13.1. The van der Waals surface area contributed by atoms with Gasteiger partial charge in [-0.25, -0.2) is 0 Å². The lowest BCUT2D eigenvalue weighted by atomic mass is 9.98. The first-order chi connectivity index (χ1) is 12.2. The highest BCUT2D eigenvalue weighted by Gasteiger charge is 2.33. The van der Waals surface area contributed by atoms with Crippen molar-refractivity contribution >= 4 is 11.6 Å². The zero-order valence-electron chi connectivity index (χ0n) is 15.5. The van der Waals surface area contributed by atoms with E-state index < -0.39 is 0 Å². The minimum absolute atomic E-state index is 0.00605. The molecule has 4 rings (SSSR count). The molecule has 1 aromatic carbocycles. The summed E-state index contributed by atoms with van der Waals surface area (Å²) in [6.45, 7) is 7.62.